The predicted molar refractivity (Wildman–Crippen MR) is 104 cm³/mol. The fraction of sp³-hybridized carbons (Fsp3) is 0.0526. The molecule has 1 amide bonds. The summed E-state index contributed by atoms with van der Waals surface area (Å²) in [5.41, 5.74) is 7.98. The third-order valence-corrected chi connectivity index (χ3v) is 4.81. The van der Waals surface area contributed by atoms with Crippen LogP contribution in [0, 0.1) is 0 Å². The molecule has 0 aliphatic carbocycles. The van der Waals surface area contributed by atoms with E-state index in [0.717, 1.165) is 11.3 Å². The molecule has 8 heteroatoms. The lowest BCUT2D eigenvalue weighted by Crippen LogP contribution is -2.29. The molecule has 0 saturated carbocycles. The van der Waals surface area contributed by atoms with E-state index in [9.17, 15) is 4.79 Å². The summed E-state index contributed by atoms with van der Waals surface area (Å²) < 4.78 is 1.71. The number of hydrogen-bond donors (Lipinski definition) is 2. The molecule has 2 heterocycles. The largest absolute Gasteiger partial charge is 0.374 e. The second-order valence-electron chi connectivity index (χ2n) is 5.80. The summed E-state index contributed by atoms with van der Waals surface area (Å²) in [5, 5.41) is 16.2. The summed E-state index contributed by atoms with van der Waals surface area (Å²) in [6, 6.07) is 18.3. The van der Waals surface area contributed by atoms with Gasteiger partial charge in [0.1, 0.15) is 11.0 Å². The number of nitrogens with two attached hydrogens (primary N) is 1. The quantitative estimate of drug-likeness (QED) is 0.558. The molecule has 3 N–H and O–H groups in total. The maximum atomic E-state index is 12.9. The maximum absolute atomic E-state index is 12.9. The second-order valence-corrected chi connectivity index (χ2v) is 6.84. The number of rotatable bonds is 5. The number of aromatic nitrogens is 4. The van der Waals surface area contributed by atoms with Gasteiger partial charge in [-0.3, -0.25) is 4.79 Å². The number of hydrogen-bond acceptors (Lipinski definition) is 6. The highest BCUT2D eigenvalue weighted by atomic mass is 32.1. The molecule has 1 atom stereocenters. The zero-order valence-electron chi connectivity index (χ0n) is 14.2. The van der Waals surface area contributed by atoms with Crippen molar-refractivity contribution in [3.63, 3.8) is 0 Å². The Balaban J connectivity index is 1.64. The van der Waals surface area contributed by atoms with Gasteiger partial charge >= 0.3 is 0 Å². The molecule has 0 unspecified atom stereocenters. The van der Waals surface area contributed by atoms with E-state index in [2.05, 4.69) is 20.6 Å². The molecule has 0 saturated heterocycles. The first kappa shape index (κ1) is 16.9. The van der Waals surface area contributed by atoms with Crippen molar-refractivity contribution in [2.75, 3.05) is 5.73 Å². The number of benzene rings is 2. The summed E-state index contributed by atoms with van der Waals surface area (Å²) in [6.45, 7) is 0. The van der Waals surface area contributed by atoms with E-state index < -0.39 is 6.04 Å². The van der Waals surface area contributed by atoms with Crippen molar-refractivity contribution in [3.8, 4) is 5.69 Å². The Morgan fingerprint density at radius 3 is 2.63 bits per heavy atom. The van der Waals surface area contributed by atoms with Crippen LogP contribution < -0.4 is 11.1 Å². The number of nitrogen functional groups attached to an aromatic ring is 1. The SMILES string of the molecule is Nc1nnc([C@H](NC(=O)c2cccc(-n3cccn3)c2)c2ccccc2)s1. The molecule has 0 aliphatic heterocycles. The standard InChI is InChI=1S/C19H16N6OS/c20-19-24-23-18(27-19)16(13-6-2-1-3-7-13)22-17(26)14-8-4-9-15(12-14)25-11-5-10-21-25/h1-12,16H,(H2,20,24)(H,22,26)/t16-/m1/s1. The molecule has 4 aromatic rings. The van der Waals surface area contributed by atoms with Crippen LogP contribution in [-0.2, 0) is 0 Å². The Morgan fingerprint density at radius 2 is 1.93 bits per heavy atom. The Labute approximate surface area is 159 Å². The van der Waals surface area contributed by atoms with Gasteiger partial charge < -0.3 is 11.1 Å². The molecule has 0 fully saturated rings. The number of amides is 1. The molecule has 0 bridgehead atoms. The molecule has 2 aromatic heterocycles. The summed E-state index contributed by atoms with van der Waals surface area (Å²) in [4.78, 5) is 12.9. The topological polar surface area (TPSA) is 98.7 Å². The van der Waals surface area contributed by atoms with Crippen molar-refractivity contribution in [3.05, 3.63) is 89.2 Å². The van der Waals surface area contributed by atoms with Crippen molar-refractivity contribution < 1.29 is 4.79 Å². The van der Waals surface area contributed by atoms with Gasteiger partial charge in [0.05, 0.1) is 5.69 Å². The normalized spacial score (nSPS) is 11.9. The van der Waals surface area contributed by atoms with Crippen molar-refractivity contribution in [1.29, 1.82) is 0 Å². The highest BCUT2D eigenvalue weighted by molar-refractivity contribution is 7.15. The van der Waals surface area contributed by atoms with Gasteiger partial charge in [-0.1, -0.05) is 47.7 Å². The fourth-order valence-electron chi connectivity index (χ4n) is 2.72. The highest BCUT2D eigenvalue weighted by Crippen LogP contribution is 2.26. The zero-order chi connectivity index (χ0) is 18.6. The third-order valence-electron chi connectivity index (χ3n) is 3.99. The molecular weight excluding hydrogens is 360 g/mol. The van der Waals surface area contributed by atoms with E-state index in [1.54, 1.807) is 23.0 Å². The number of nitrogens with one attached hydrogen (secondary N) is 1. The van der Waals surface area contributed by atoms with E-state index in [0.29, 0.717) is 15.7 Å². The number of anilines is 1. The molecule has 27 heavy (non-hydrogen) atoms. The van der Waals surface area contributed by atoms with Crippen LogP contribution in [0.3, 0.4) is 0 Å². The van der Waals surface area contributed by atoms with Crippen LogP contribution in [0.5, 0.6) is 0 Å². The molecular formula is C19H16N6OS. The van der Waals surface area contributed by atoms with E-state index in [1.165, 1.54) is 11.3 Å². The average Bonchev–Trinajstić information content (AvgIpc) is 3.39. The minimum absolute atomic E-state index is 0.216. The Bertz CT molecular complexity index is 1050. The molecule has 0 aliphatic rings. The molecule has 4 rings (SSSR count). The lowest BCUT2D eigenvalue weighted by Gasteiger charge is -2.17. The first-order valence-electron chi connectivity index (χ1n) is 8.25. The van der Waals surface area contributed by atoms with Gasteiger partial charge in [-0.25, -0.2) is 4.68 Å². The van der Waals surface area contributed by atoms with Crippen LogP contribution in [-0.4, -0.2) is 25.9 Å². The Hall–Kier alpha value is -3.52. The molecule has 2 aromatic carbocycles. The van der Waals surface area contributed by atoms with Gasteiger partial charge in [0.2, 0.25) is 5.13 Å². The Morgan fingerprint density at radius 1 is 1.07 bits per heavy atom. The van der Waals surface area contributed by atoms with Crippen LogP contribution in [0.4, 0.5) is 5.13 Å². The van der Waals surface area contributed by atoms with Crippen LogP contribution in [0.2, 0.25) is 0 Å². The minimum Gasteiger partial charge on any atom is -0.374 e. The van der Waals surface area contributed by atoms with Gasteiger partial charge in [-0.15, -0.1) is 10.2 Å². The van der Waals surface area contributed by atoms with Crippen LogP contribution in [0.1, 0.15) is 27.0 Å². The summed E-state index contributed by atoms with van der Waals surface area (Å²) in [6.07, 6.45) is 3.52. The van der Waals surface area contributed by atoms with Crippen molar-refractivity contribution >= 4 is 22.4 Å². The van der Waals surface area contributed by atoms with Gasteiger partial charge in [0.25, 0.3) is 5.91 Å². The zero-order valence-corrected chi connectivity index (χ0v) is 15.0. The smallest absolute Gasteiger partial charge is 0.252 e. The van der Waals surface area contributed by atoms with Gasteiger partial charge in [-0.05, 0) is 29.8 Å². The van der Waals surface area contributed by atoms with Gasteiger partial charge in [-0.2, -0.15) is 5.10 Å². The van der Waals surface area contributed by atoms with Crippen LogP contribution in [0.25, 0.3) is 5.69 Å². The van der Waals surface area contributed by atoms with E-state index >= 15 is 0 Å². The molecule has 0 spiro atoms. The van der Waals surface area contributed by atoms with Crippen molar-refractivity contribution in [1.82, 2.24) is 25.3 Å². The van der Waals surface area contributed by atoms with E-state index in [1.807, 2.05) is 54.7 Å². The average molecular weight is 376 g/mol. The summed E-state index contributed by atoms with van der Waals surface area (Å²) >= 11 is 1.26. The lowest BCUT2D eigenvalue weighted by atomic mass is 10.1. The van der Waals surface area contributed by atoms with Gasteiger partial charge in [0.15, 0.2) is 0 Å². The second kappa shape index (κ2) is 7.38. The first-order chi connectivity index (χ1) is 13.2. The van der Waals surface area contributed by atoms with Crippen LogP contribution >= 0.6 is 11.3 Å². The molecule has 7 nitrogen and oxygen atoms in total. The van der Waals surface area contributed by atoms with Crippen molar-refractivity contribution in [2.45, 2.75) is 6.04 Å². The monoisotopic (exact) mass is 376 g/mol. The third kappa shape index (κ3) is 3.70. The highest BCUT2D eigenvalue weighted by Gasteiger charge is 2.21. The fourth-order valence-corrected chi connectivity index (χ4v) is 3.41. The predicted octanol–water partition coefficient (Wildman–Crippen LogP) is 2.83. The molecule has 134 valence electrons. The summed E-state index contributed by atoms with van der Waals surface area (Å²) in [5.74, 6) is -0.216. The number of carbonyl (C=O) groups is 1. The first-order valence-corrected chi connectivity index (χ1v) is 9.07. The maximum Gasteiger partial charge on any atom is 0.252 e. The number of nitrogens with zero attached hydrogens (tertiary/aromatic N) is 4. The lowest BCUT2D eigenvalue weighted by molar-refractivity contribution is 0.0943. The molecule has 0 radical (unpaired) electrons. The van der Waals surface area contributed by atoms with Gasteiger partial charge in [0, 0.05) is 18.0 Å². The van der Waals surface area contributed by atoms with Crippen LogP contribution in [0.15, 0.2) is 73.1 Å². The van der Waals surface area contributed by atoms with E-state index in [-0.39, 0.29) is 5.91 Å². The minimum atomic E-state index is -0.429. The summed E-state index contributed by atoms with van der Waals surface area (Å²) in [7, 11) is 0. The number of carbonyl (C=O) groups excluding carboxylic acids is 1. The Kier molecular flexibility index (Phi) is 4.63. The van der Waals surface area contributed by atoms with E-state index in [4.69, 9.17) is 5.73 Å². The van der Waals surface area contributed by atoms with Crippen molar-refractivity contribution in [2.24, 2.45) is 0 Å².